The number of pyridine rings is 1. The van der Waals surface area contributed by atoms with Crippen molar-refractivity contribution < 1.29 is 22.7 Å². The highest BCUT2D eigenvalue weighted by Gasteiger charge is 2.37. The summed E-state index contributed by atoms with van der Waals surface area (Å²) < 4.78 is 45.1. The summed E-state index contributed by atoms with van der Waals surface area (Å²) in [5.41, 5.74) is 0.0946. The summed E-state index contributed by atoms with van der Waals surface area (Å²) >= 11 is 6.05. The Morgan fingerprint density at radius 3 is 2.62 bits per heavy atom. The third-order valence-corrected chi connectivity index (χ3v) is 5.11. The Labute approximate surface area is 170 Å². The van der Waals surface area contributed by atoms with Gasteiger partial charge in [0.1, 0.15) is 6.54 Å². The maximum Gasteiger partial charge on any atom is 0.409 e. The van der Waals surface area contributed by atoms with Gasteiger partial charge in [0.15, 0.2) is 0 Å². The summed E-state index contributed by atoms with van der Waals surface area (Å²) in [5.74, 6) is 0. The van der Waals surface area contributed by atoms with E-state index in [1.807, 2.05) is 0 Å². The molecular weight excluding hydrogens is 411 g/mol. The van der Waals surface area contributed by atoms with Gasteiger partial charge >= 0.3 is 12.3 Å². The predicted octanol–water partition coefficient (Wildman–Crippen LogP) is 4.17. The number of benzene rings is 1. The molecule has 0 radical (unpaired) electrons. The van der Waals surface area contributed by atoms with Crippen LogP contribution in [0.5, 0.6) is 0 Å². The predicted molar refractivity (Wildman–Crippen MR) is 105 cm³/mol. The van der Waals surface area contributed by atoms with Crippen molar-refractivity contribution in [2.45, 2.75) is 32.0 Å². The number of anilines is 1. The van der Waals surface area contributed by atoms with Crippen LogP contribution in [0.2, 0.25) is 5.02 Å². The number of alkyl halides is 3. The number of carbonyl (C=O) groups excluding carboxylic acids is 1. The second-order valence-corrected chi connectivity index (χ2v) is 7.31. The van der Waals surface area contributed by atoms with Crippen molar-refractivity contribution in [3.8, 4) is 0 Å². The SMILES string of the molecule is CCOC(=O)N1CCC(N(CC(F)(F)F)c2cc(=O)[nH]c3ccc(Cl)cc23)CC1. The molecule has 29 heavy (non-hydrogen) atoms. The Balaban J connectivity index is 1.95. The molecule has 0 spiro atoms. The number of amides is 1. The van der Waals surface area contributed by atoms with Crippen molar-refractivity contribution in [1.29, 1.82) is 0 Å². The summed E-state index contributed by atoms with van der Waals surface area (Å²) in [6, 6.07) is 5.35. The second-order valence-electron chi connectivity index (χ2n) is 6.87. The van der Waals surface area contributed by atoms with E-state index in [0.29, 0.717) is 28.8 Å². The number of aromatic amines is 1. The standard InChI is InChI=1S/C19H21ClF3N3O3/c1-2-29-18(28)25-7-5-13(6-8-25)26(11-19(21,22)23)16-10-17(27)24-15-4-3-12(20)9-14(15)16/h3-4,9-10,13H,2,5-8,11H2,1H3,(H,24,27). The third kappa shape index (κ3) is 5.14. The van der Waals surface area contributed by atoms with Gasteiger partial charge in [-0.15, -0.1) is 0 Å². The smallest absolute Gasteiger partial charge is 0.409 e. The topological polar surface area (TPSA) is 65.6 Å². The van der Waals surface area contributed by atoms with Gasteiger partial charge in [-0.1, -0.05) is 11.6 Å². The highest BCUT2D eigenvalue weighted by atomic mass is 35.5. The zero-order valence-corrected chi connectivity index (χ0v) is 16.5. The van der Waals surface area contributed by atoms with Crippen molar-refractivity contribution in [2.24, 2.45) is 0 Å². The molecule has 1 saturated heterocycles. The summed E-state index contributed by atoms with van der Waals surface area (Å²) in [6.07, 6.45) is -4.29. The molecule has 0 unspecified atom stereocenters. The zero-order chi connectivity index (χ0) is 21.2. The summed E-state index contributed by atoms with van der Waals surface area (Å²) in [6.45, 7) is 1.28. The molecule has 1 amide bonds. The molecule has 1 aromatic carbocycles. The van der Waals surface area contributed by atoms with E-state index in [-0.39, 0.29) is 25.4 Å². The molecule has 1 aliphatic heterocycles. The molecule has 2 aromatic rings. The molecule has 6 nitrogen and oxygen atoms in total. The number of H-pyrrole nitrogens is 1. The van der Waals surface area contributed by atoms with Crippen LogP contribution in [0.25, 0.3) is 10.9 Å². The van der Waals surface area contributed by atoms with E-state index >= 15 is 0 Å². The molecular formula is C19H21ClF3N3O3. The average Bonchev–Trinajstić information content (AvgIpc) is 2.65. The fourth-order valence-electron chi connectivity index (χ4n) is 3.62. The molecule has 1 fully saturated rings. The Morgan fingerprint density at radius 2 is 2.00 bits per heavy atom. The number of piperidine rings is 1. The zero-order valence-electron chi connectivity index (χ0n) is 15.8. The fourth-order valence-corrected chi connectivity index (χ4v) is 3.80. The molecule has 1 aliphatic rings. The van der Waals surface area contributed by atoms with E-state index in [1.165, 1.54) is 15.9 Å². The number of nitrogens with zero attached hydrogens (tertiary/aromatic N) is 2. The number of rotatable bonds is 4. The van der Waals surface area contributed by atoms with Crippen molar-refractivity contribution in [3.63, 3.8) is 0 Å². The summed E-state index contributed by atoms with van der Waals surface area (Å²) in [4.78, 5) is 29.3. The molecule has 1 aromatic heterocycles. The monoisotopic (exact) mass is 431 g/mol. The molecule has 158 valence electrons. The van der Waals surface area contributed by atoms with E-state index in [1.54, 1.807) is 25.1 Å². The highest BCUT2D eigenvalue weighted by molar-refractivity contribution is 6.31. The first-order valence-corrected chi connectivity index (χ1v) is 9.63. The lowest BCUT2D eigenvalue weighted by molar-refractivity contribution is -0.121. The summed E-state index contributed by atoms with van der Waals surface area (Å²) in [5, 5.41) is 0.795. The van der Waals surface area contributed by atoms with Gasteiger partial charge in [0.2, 0.25) is 5.56 Å². The minimum atomic E-state index is -4.47. The Kier molecular flexibility index (Phi) is 6.26. The minimum Gasteiger partial charge on any atom is -0.450 e. The number of carbonyl (C=O) groups is 1. The second kappa shape index (κ2) is 8.52. The van der Waals surface area contributed by atoms with Crippen LogP contribution in [0.4, 0.5) is 23.7 Å². The highest BCUT2D eigenvalue weighted by Crippen LogP contribution is 2.33. The first-order valence-electron chi connectivity index (χ1n) is 9.25. The number of likely N-dealkylation sites (tertiary alicyclic amines) is 1. The molecule has 1 N–H and O–H groups in total. The molecule has 0 bridgehead atoms. The number of ether oxygens (including phenoxy) is 1. The van der Waals surface area contributed by atoms with Crippen molar-refractivity contribution in [1.82, 2.24) is 9.88 Å². The van der Waals surface area contributed by atoms with E-state index < -0.39 is 30.4 Å². The Hall–Kier alpha value is -2.42. The van der Waals surface area contributed by atoms with Gasteiger partial charge < -0.3 is 19.5 Å². The number of hydrogen-bond acceptors (Lipinski definition) is 4. The van der Waals surface area contributed by atoms with Gasteiger partial charge in [-0.05, 0) is 38.0 Å². The normalized spacial score (nSPS) is 15.6. The van der Waals surface area contributed by atoms with Crippen molar-refractivity contribution in [2.75, 3.05) is 31.1 Å². The van der Waals surface area contributed by atoms with Gasteiger partial charge in [0.05, 0.1) is 17.8 Å². The van der Waals surface area contributed by atoms with Crippen LogP contribution in [0.15, 0.2) is 29.1 Å². The van der Waals surface area contributed by atoms with Gasteiger partial charge in [-0.25, -0.2) is 4.79 Å². The first-order chi connectivity index (χ1) is 13.7. The number of halogens is 4. The maximum absolute atomic E-state index is 13.4. The van der Waals surface area contributed by atoms with Crippen LogP contribution >= 0.6 is 11.6 Å². The van der Waals surface area contributed by atoms with Crippen LogP contribution in [-0.4, -0.2) is 54.4 Å². The number of fused-ring (bicyclic) bond motifs is 1. The molecule has 0 atom stereocenters. The average molecular weight is 432 g/mol. The van der Waals surface area contributed by atoms with Crippen LogP contribution in [0.3, 0.4) is 0 Å². The molecule has 3 rings (SSSR count). The number of nitrogens with one attached hydrogen (secondary N) is 1. The third-order valence-electron chi connectivity index (χ3n) is 4.87. The molecule has 2 heterocycles. The van der Waals surface area contributed by atoms with Gasteiger partial charge in [-0.2, -0.15) is 13.2 Å². The van der Waals surface area contributed by atoms with Crippen molar-refractivity contribution >= 4 is 34.3 Å². The lowest BCUT2D eigenvalue weighted by atomic mass is 10.0. The van der Waals surface area contributed by atoms with Gasteiger partial charge in [0, 0.05) is 35.6 Å². The van der Waals surface area contributed by atoms with Gasteiger partial charge in [-0.3, -0.25) is 4.79 Å². The number of aromatic nitrogens is 1. The minimum absolute atomic E-state index is 0.179. The molecule has 10 heteroatoms. The quantitative estimate of drug-likeness (QED) is 0.789. The lowest BCUT2D eigenvalue weighted by Gasteiger charge is -2.40. The maximum atomic E-state index is 13.4. The number of hydrogen-bond donors (Lipinski definition) is 1. The van der Waals surface area contributed by atoms with Gasteiger partial charge in [0.25, 0.3) is 0 Å². The lowest BCUT2D eigenvalue weighted by Crippen LogP contribution is -2.49. The molecule has 0 saturated carbocycles. The van der Waals surface area contributed by atoms with E-state index in [0.717, 1.165) is 0 Å². The van der Waals surface area contributed by atoms with Crippen molar-refractivity contribution in [3.05, 3.63) is 39.6 Å². The fraction of sp³-hybridized carbons (Fsp3) is 0.474. The Bertz CT molecular complexity index is 940. The van der Waals surface area contributed by atoms with E-state index in [4.69, 9.17) is 16.3 Å². The first kappa shape index (κ1) is 21.3. The van der Waals surface area contributed by atoms with Crippen LogP contribution in [-0.2, 0) is 4.74 Å². The van der Waals surface area contributed by atoms with Crippen LogP contribution in [0.1, 0.15) is 19.8 Å². The van der Waals surface area contributed by atoms with E-state index in [9.17, 15) is 22.8 Å². The van der Waals surface area contributed by atoms with Crippen LogP contribution in [0, 0.1) is 0 Å². The summed E-state index contributed by atoms with van der Waals surface area (Å²) in [7, 11) is 0. The largest absolute Gasteiger partial charge is 0.450 e. The molecule has 0 aliphatic carbocycles. The van der Waals surface area contributed by atoms with Crippen LogP contribution < -0.4 is 10.5 Å². The van der Waals surface area contributed by atoms with E-state index in [2.05, 4.69) is 4.98 Å². The Morgan fingerprint density at radius 1 is 1.31 bits per heavy atom.